The fourth-order valence-electron chi connectivity index (χ4n) is 6.20. The van der Waals surface area contributed by atoms with Crippen LogP contribution in [0, 0.1) is 23.7 Å². The Morgan fingerprint density at radius 1 is 1.30 bits per heavy atom. The minimum absolute atomic E-state index is 0.0878. The van der Waals surface area contributed by atoms with E-state index in [-0.39, 0.29) is 23.8 Å². The summed E-state index contributed by atoms with van der Waals surface area (Å²) in [5.41, 5.74) is -0.694. The summed E-state index contributed by atoms with van der Waals surface area (Å²) in [6.07, 6.45) is 9.74. The second kappa shape index (κ2) is 8.78. The second-order valence-corrected chi connectivity index (χ2v) is 11.4. The molecule has 4 aliphatic carbocycles. The minimum Gasteiger partial charge on any atom is -0.477 e. The number of nitrogens with zero attached hydrogens (tertiary/aromatic N) is 2. The number of rotatable bonds is 8. The lowest BCUT2D eigenvalue weighted by Crippen LogP contribution is -2.61. The number of ether oxygens (including phenoxy) is 1. The average Bonchev–Trinajstić information content (AvgIpc) is 3.08. The zero-order valence-electron chi connectivity index (χ0n) is 20.4. The van der Waals surface area contributed by atoms with Gasteiger partial charge >= 0.3 is 0 Å². The number of nitrogens with one attached hydrogen (secondary N) is 2. The van der Waals surface area contributed by atoms with Crippen molar-refractivity contribution in [1.82, 2.24) is 20.4 Å². The zero-order chi connectivity index (χ0) is 24.0. The molecule has 8 heteroatoms. The van der Waals surface area contributed by atoms with Crippen LogP contribution in [-0.2, 0) is 4.79 Å². The van der Waals surface area contributed by atoms with Crippen LogP contribution in [0.4, 0.5) is 0 Å². The van der Waals surface area contributed by atoms with E-state index in [4.69, 9.17) is 4.74 Å². The maximum Gasteiger partial charge on any atom is 0.258 e. The quantitative estimate of drug-likeness (QED) is 0.555. The van der Waals surface area contributed by atoms with Gasteiger partial charge in [0, 0.05) is 19.2 Å². The molecule has 4 fully saturated rings. The summed E-state index contributed by atoms with van der Waals surface area (Å²) < 4.78 is 7.58. The highest BCUT2D eigenvalue weighted by molar-refractivity contribution is 5.96. The highest BCUT2D eigenvalue weighted by Gasteiger charge is 2.55. The monoisotopic (exact) mass is 458 g/mol. The van der Waals surface area contributed by atoms with E-state index in [0.29, 0.717) is 35.8 Å². The second-order valence-electron chi connectivity index (χ2n) is 11.4. The minimum atomic E-state index is -0.573. The van der Waals surface area contributed by atoms with Crippen molar-refractivity contribution in [1.29, 1.82) is 0 Å². The normalized spacial score (nSPS) is 30.8. The van der Waals surface area contributed by atoms with Crippen LogP contribution in [0.1, 0.15) is 77.1 Å². The van der Waals surface area contributed by atoms with Crippen molar-refractivity contribution in [2.45, 2.75) is 83.9 Å². The molecule has 0 aliphatic heterocycles. The largest absolute Gasteiger partial charge is 0.477 e. The standard InChI is InChI=1S/C25H38N4O4/c1-15(2)14-33-23-20(13-26-29(23)7-6-24(4,5)28-16(3)30)22(31)27-21-18-8-17-9-19(21)12-25(32,10-17)11-18/h6-7,13,15,17-19,21,32H,8-12,14H2,1-5H3,(H,27,31)(H,28,30). The molecule has 182 valence electrons. The zero-order valence-corrected chi connectivity index (χ0v) is 20.4. The molecule has 0 radical (unpaired) electrons. The van der Waals surface area contributed by atoms with Crippen LogP contribution in [0.3, 0.4) is 0 Å². The van der Waals surface area contributed by atoms with Gasteiger partial charge in [-0.25, -0.2) is 4.68 Å². The summed E-state index contributed by atoms with van der Waals surface area (Å²) >= 11 is 0. The van der Waals surface area contributed by atoms with Crippen molar-refractivity contribution in [3.8, 4) is 5.88 Å². The Balaban J connectivity index is 1.53. The maximum atomic E-state index is 13.4. The lowest BCUT2D eigenvalue weighted by molar-refractivity contribution is -0.137. The van der Waals surface area contributed by atoms with Crippen molar-refractivity contribution in [3.63, 3.8) is 0 Å². The molecule has 4 bridgehead atoms. The number of carbonyl (C=O) groups is 2. The third-order valence-corrected chi connectivity index (χ3v) is 7.22. The molecule has 33 heavy (non-hydrogen) atoms. The van der Waals surface area contributed by atoms with Crippen LogP contribution in [0.25, 0.3) is 6.20 Å². The summed E-state index contributed by atoms with van der Waals surface area (Å²) in [6, 6.07) is 0.0878. The van der Waals surface area contributed by atoms with Crippen LogP contribution in [0.2, 0.25) is 0 Å². The SMILES string of the molecule is CC(=O)NC(C)(C)C=Cn1ncc(C(=O)NC2C3CC4CC2CC(O)(C4)C3)c1OCC(C)C. The molecule has 0 spiro atoms. The Bertz CT molecular complexity index is 919. The molecule has 2 unspecified atom stereocenters. The van der Waals surface area contributed by atoms with Gasteiger partial charge in [-0.05, 0) is 75.7 Å². The Kier molecular flexibility index (Phi) is 6.33. The van der Waals surface area contributed by atoms with Gasteiger partial charge in [0.1, 0.15) is 5.56 Å². The van der Waals surface area contributed by atoms with E-state index in [0.717, 1.165) is 32.1 Å². The summed E-state index contributed by atoms with van der Waals surface area (Å²) in [5.74, 6) is 1.64. The molecule has 2 amide bonds. The molecule has 1 heterocycles. The molecule has 1 aromatic heterocycles. The van der Waals surface area contributed by atoms with Gasteiger partial charge in [0.25, 0.3) is 5.91 Å². The van der Waals surface area contributed by atoms with Gasteiger partial charge < -0.3 is 20.5 Å². The summed E-state index contributed by atoms with van der Waals surface area (Å²) in [5, 5.41) is 21.4. The maximum absolute atomic E-state index is 13.4. The fraction of sp³-hybridized carbons (Fsp3) is 0.720. The van der Waals surface area contributed by atoms with Gasteiger partial charge in [0.15, 0.2) is 0 Å². The predicted molar refractivity (Wildman–Crippen MR) is 126 cm³/mol. The van der Waals surface area contributed by atoms with Gasteiger partial charge in [-0.2, -0.15) is 5.10 Å². The first kappa shape index (κ1) is 23.8. The van der Waals surface area contributed by atoms with Gasteiger partial charge in [-0.3, -0.25) is 9.59 Å². The molecule has 3 N–H and O–H groups in total. The molecule has 2 atom stereocenters. The molecule has 0 saturated heterocycles. The lowest BCUT2D eigenvalue weighted by Gasteiger charge is -2.58. The number of aromatic nitrogens is 2. The molecule has 8 nitrogen and oxygen atoms in total. The number of hydrogen-bond acceptors (Lipinski definition) is 5. The third kappa shape index (κ3) is 5.26. The van der Waals surface area contributed by atoms with E-state index >= 15 is 0 Å². The molecule has 4 aliphatic rings. The van der Waals surface area contributed by atoms with Gasteiger partial charge in [-0.15, -0.1) is 0 Å². The Labute approximate surface area is 196 Å². The van der Waals surface area contributed by atoms with Crippen LogP contribution in [0.5, 0.6) is 5.88 Å². The topological polar surface area (TPSA) is 105 Å². The van der Waals surface area contributed by atoms with Gasteiger partial charge in [-0.1, -0.05) is 13.8 Å². The van der Waals surface area contributed by atoms with Gasteiger partial charge in [0.05, 0.1) is 23.9 Å². The molecule has 0 aromatic carbocycles. The van der Waals surface area contributed by atoms with Crippen molar-refractivity contribution >= 4 is 18.0 Å². The first-order chi connectivity index (χ1) is 15.4. The van der Waals surface area contributed by atoms with E-state index < -0.39 is 11.1 Å². The molecule has 1 aromatic rings. The van der Waals surface area contributed by atoms with Crippen LogP contribution >= 0.6 is 0 Å². The molecular formula is C25H38N4O4. The van der Waals surface area contributed by atoms with Crippen LogP contribution in [-0.4, -0.2) is 50.5 Å². The van der Waals surface area contributed by atoms with Crippen LogP contribution in [0.15, 0.2) is 12.3 Å². The van der Waals surface area contributed by atoms with E-state index in [9.17, 15) is 14.7 Å². The number of carbonyl (C=O) groups excluding carboxylic acids is 2. The smallest absolute Gasteiger partial charge is 0.258 e. The highest BCUT2D eigenvalue weighted by Crippen LogP contribution is 2.55. The lowest BCUT2D eigenvalue weighted by atomic mass is 9.52. The van der Waals surface area contributed by atoms with Crippen molar-refractivity contribution < 1.29 is 19.4 Å². The summed E-state index contributed by atoms with van der Waals surface area (Å²) in [6.45, 7) is 9.81. The number of amides is 2. The molecule has 5 rings (SSSR count). The molecule has 4 saturated carbocycles. The van der Waals surface area contributed by atoms with Crippen molar-refractivity contribution in [2.75, 3.05) is 6.61 Å². The van der Waals surface area contributed by atoms with Crippen LogP contribution < -0.4 is 15.4 Å². The van der Waals surface area contributed by atoms with E-state index in [2.05, 4.69) is 29.6 Å². The van der Waals surface area contributed by atoms with E-state index in [1.165, 1.54) is 6.92 Å². The van der Waals surface area contributed by atoms with E-state index in [1.807, 2.05) is 19.9 Å². The Hall–Kier alpha value is -2.35. The Morgan fingerprint density at radius 2 is 1.97 bits per heavy atom. The predicted octanol–water partition coefficient (Wildman–Crippen LogP) is 2.97. The first-order valence-corrected chi connectivity index (χ1v) is 12.2. The highest BCUT2D eigenvalue weighted by atomic mass is 16.5. The summed E-state index contributed by atoms with van der Waals surface area (Å²) in [7, 11) is 0. The average molecular weight is 459 g/mol. The van der Waals surface area contributed by atoms with E-state index in [1.54, 1.807) is 17.1 Å². The number of aliphatic hydroxyl groups is 1. The molecular weight excluding hydrogens is 420 g/mol. The Morgan fingerprint density at radius 3 is 2.55 bits per heavy atom. The third-order valence-electron chi connectivity index (χ3n) is 7.22. The summed E-state index contributed by atoms with van der Waals surface area (Å²) in [4.78, 5) is 24.8. The van der Waals surface area contributed by atoms with Crippen molar-refractivity contribution in [2.24, 2.45) is 23.7 Å². The van der Waals surface area contributed by atoms with Crippen molar-refractivity contribution in [3.05, 3.63) is 17.8 Å². The number of hydrogen-bond donors (Lipinski definition) is 3. The van der Waals surface area contributed by atoms with Gasteiger partial charge in [0.2, 0.25) is 11.8 Å². The first-order valence-electron chi connectivity index (χ1n) is 12.2. The fourth-order valence-corrected chi connectivity index (χ4v) is 6.20.